The van der Waals surface area contributed by atoms with Gasteiger partial charge in [0.05, 0.1) is 5.25 Å². The standard InChI is InChI=1S/C12H18N2O2S2/c1-8-11(16)14(12(17)18-8)7-6-10(15)13-9-4-2-3-5-9/h8-9H,2-7H2,1H3,(H,13,15). The van der Waals surface area contributed by atoms with E-state index in [4.69, 9.17) is 12.2 Å². The van der Waals surface area contributed by atoms with Crippen LogP contribution >= 0.6 is 24.0 Å². The maximum absolute atomic E-state index is 11.8. The molecule has 0 bridgehead atoms. The van der Waals surface area contributed by atoms with Crippen molar-refractivity contribution in [2.75, 3.05) is 6.54 Å². The molecule has 1 unspecified atom stereocenters. The van der Waals surface area contributed by atoms with Crippen LogP contribution in [0.5, 0.6) is 0 Å². The van der Waals surface area contributed by atoms with Crippen molar-refractivity contribution in [2.24, 2.45) is 0 Å². The summed E-state index contributed by atoms with van der Waals surface area (Å²) in [6, 6.07) is 0.340. The van der Waals surface area contributed by atoms with Crippen LogP contribution in [0, 0.1) is 0 Å². The molecule has 1 saturated carbocycles. The molecule has 100 valence electrons. The summed E-state index contributed by atoms with van der Waals surface area (Å²) >= 11 is 6.52. The zero-order valence-corrected chi connectivity index (χ0v) is 12.1. The minimum Gasteiger partial charge on any atom is -0.353 e. The van der Waals surface area contributed by atoms with Crippen LogP contribution in [0.2, 0.25) is 0 Å². The van der Waals surface area contributed by atoms with Gasteiger partial charge in [-0.1, -0.05) is 36.8 Å². The second-order valence-corrected chi connectivity index (χ2v) is 6.79. The number of hydrogen-bond donors (Lipinski definition) is 1. The Hall–Kier alpha value is -0.620. The summed E-state index contributed by atoms with van der Waals surface area (Å²) in [6.07, 6.45) is 4.91. The third kappa shape index (κ3) is 3.23. The van der Waals surface area contributed by atoms with Gasteiger partial charge in [-0.05, 0) is 19.8 Å². The monoisotopic (exact) mass is 286 g/mol. The van der Waals surface area contributed by atoms with E-state index < -0.39 is 0 Å². The zero-order chi connectivity index (χ0) is 13.1. The van der Waals surface area contributed by atoms with E-state index in [2.05, 4.69) is 5.32 Å². The van der Waals surface area contributed by atoms with Crippen LogP contribution in [0.4, 0.5) is 0 Å². The number of carbonyl (C=O) groups is 2. The first-order chi connectivity index (χ1) is 8.58. The quantitative estimate of drug-likeness (QED) is 0.799. The Morgan fingerprint density at radius 2 is 2.17 bits per heavy atom. The molecular weight excluding hydrogens is 268 g/mol. The van der Waals surface area contributed by atoms with Gasteiger partial charge in [-0.25, -0.2) is 0 Å². The lowest BCUT2D eigenvalue weighted by atomic mass is 10.2. The maximum Gasteiger partial charge on any atom is 0.241 e. The van der Waals surface area contributed by atoms with Gasteiger partial charge in [0, 0.05) is 19.0 Å². The predicted octanol–water partition coefficient (Wildman–Crippen LogP) is 1.68. The molecule has 1 N–H and O–H groups in total. The lowest BCUT2D eigenvalue weighted by Crippen LogP contribution is -2.37. The third-order valence-electron chi connectivity index (χ3n) is 3.39. The molecule has 6 heteroatoms. The molecule has 0 aromatic heterocycles. The number of amides is 2. The third-order valence-corrected chi connectivity index (χ3v) is 4.88. The van der Waals surface area contributed by atoms with Crippen LogP contribution in [0.3, 0.4) is 0 Å². The minimum absolute atomic E-state index is 0.0265. The lowest BCUT2D eigenvalue weighted by Gasteiger charge is -2.16. The Morgan fingerprint density at radius 1 is 1.50 bits per heavy atom. The largest absolute Gasteiger partial charge is 0.353 e. The molecule has 1 aliphatic heterocycles. The number of nitrogens with zero attached hydrogens (tertiary/aromatic N) is 1. The summed E-state index contributed by atoms with van der Waals surface area (Å²) in [6.45, 7) is 2.26. The molecular formula is C12H18N2O2S2. The van der Waals surface area contributed by atoms with Crippen molar-refractivity contribution in [3.8, 4) is 0 Å². The van der Waals surface area contributed by atoms with Gasteiger partial charge in [-0.3, -0.25) is 14.5 Å². The fraction of sp³-hybridized carbons (Fsp3) is 0.750. The Kier molecular flexibility index (Phi) is 4.61. The van der Waals surface area contributed by atoms with Gasteiger partial charge < -0.3 is 5.32 Å². The van der Waals surface area contributed by atoms with E-state index in [-0.39, 0.29) is 17.1 Å². The van der Waals surface area contributed by atoms with E-state index in [1.807, 2.05) is 6.92 Å². The average molecular weight is 286 g/mol. The van der Waals surface area contributed by atoms with Crippen LogP contribution < -0.4 is 5.32 Å². The van der Waals surface area contributed by atoms with Gasteiger partial charge in [-0.15, -0.1) is 0 Å². The highest BCUT2D eigenvalue weighted by atomic mass is 32.2. The summed E-state index contributed by atoms with van der Waals surface area (Å²) in [5, 5.41) is 2.92. The van der Waals surface area contributed by atoms with Crippen molar-refractivity contribution in [1.82, 2.24) is 10.2 Å². The highest BCUT2D eigenvalue weighted by Gasteiger charge is 2.33. The second-order valence-electron chi connectivity index (χ2n) is 4.81. The molecule has 2 aliphatic rings. The minimum atomic E-state index is -0.101. The summed E-state index contributed by atoms with van der Waals surface area (Å²) in [7, 11) is 0. The van der Waals surface area contributed by atoms with E-state index in [1.54, 1.807) is 4.90 Å². The number of hydrogen-bond acceptors (Lipinski definition) is 4. The van der Waals surface area contributed by atoms with Crippen LogP contribution in [0.25, 0.3) is 0 Å². The van der Waals surface area contributed by atoms with Crippen LogP contribution in [-0.4, -0.2) is 38.9 Å². The molecule has 1 saturated heterocycles. The van der Waals surface area contributed by atoms with Crippen LogP contribution in [-0.2, 0) is 9.59 Å². The first kappa shape index (κ1) is 13.8. The SMILES string of the molecule is CC1SC(=S)N(CCC(=O)NC2CCCC2)C1=O. The predicted molar refractivity (Wildman–Crippen MR) is 76.4 cm³/mol. The first-order valence-corrected chi connectivity index (χ1v) is 7.68. The highest BCUT2D eigenvalue weighted by Crippen LogP contribution is 2.26. The topological polar surface area (TPSA) is 49.4 Å². The number of thioether (sulfide) groups is 1. The lowest BCUT2D eigenvalue weighted by molar-refractivity contribution is -0.126. The van der Waals surface area contributed by atoms with Gasteiger partial charge >= 0.3 is 0 Å². The Balaban J connectivity index is 1.75. The maximum atomic E-state index is 11.8. The van der Waals surface area contributed by atoms with Crippen LogP contribution in [0.1, 0.15) is 39.0 Å². The van der Waals surface area contributed by atoms with Gasteiger partial charge in [0.15, 0.2) is 0 Å². The molecule has 18 heavy (non-hydrogen) atoms. The summed E-state index contributed by atoms with van der Waals surface area (Å²) in [5.74, 6) is 0.0562. The first-order valence-electron chi connectivity index (χ1n) is 6.39. The molecule has 1 atom stereocenters. The van der Waals surface area contributed by atoms with Crippen LogP contribution in [0.15, 0.2) is 0 Å². The van der Waals surface area contributed by atoms with Crippen molar-refractivity contribution in [2.45, 2.75) is 50.3 Å². The number of rotatable bonds is 4. The smallest absolute Gasteiger partial charge is 0.241 e. The number of nitrogens with one attached hydrogen (secondary N) is 1. The molecule has 2 fully saturated rings. The fourth-order valence-electron chi connectivity index (χ4n) is 2.36. The number of carbonyl (C=O) groups excluding carboxylic acids is 2. The van der Waals surface area contributed by atoms with Crippen molar-refractivity contribution in [3.05, 3.63) is 0 Å². The molecule has 2 rings (SSSR count). The van der Waals surface area contributed by atoms with Gasteiger partial charge in [0.25, 0.3) is 0 Å². The number of thiocarbonyl (C=S) groups is 1. The summed E-state index contributed by atoms with van der Waals surface area (Å²) in [5.41, 5.74) is 0. The molecule has 1 aliphatic carbocycles. The van der Waals surface area contributed by atoms with Crippen molar-refractivity contribution in [1.29, 1.82) is 0 Å². The zero-order valence-electron chi connectivity index (χ0n) is 10.5. The molecule has 4 nitrogen and oxygen atoms in total. The van der Waals surface area contributed by atoms with Crippen molar-refractivity contribution < 1.29 is 9.59 Å². The molecule has 0 spiro atoms. The van der Waals surface area contributed by atoms with E-state index >= 15 is 0 Å². The highest BCUT2D eigenvalue weighted by molar-refractivity contribution is 8.24. The summed E-state index contributed by atoms with van der Waals surface area (Å²) < 4.78 is 0.598. The second kappa shape index (κ2) is 6.02. The van der Waals surface area contributed by atoms with Gasteiger partial charge in [-0.2, -0.15) is 0 Å². The molecule has 0 aromatic rings. The van der Waals surface area contributed by atoms with E-state index in [0.29, 0.717) is 23.3 Å². The van der Waals surface area contributed by atoms with Gasteiger partial charge in [0.2, 0.25) is 11.8 Å². The Bertz CT molecular complexity index is 367. The van der Waals surface area contributed by atoms with Crippen molar-refractivity contribution >= 4 is 40.1 Å². The van der Waals surface area contributed by atoms with Gasteiger partial charge in [0.1, 0.15) is 4.32 Å². The fourth-order valence-corrected chi connectivity index (χ4v) is 3.81. The van der Waals surface area contributed by atoms with E-state index in [1.165, 1.54) is 24.6 Å². The van der Waals surface area contributed by atoms with Crippen molar-refractivity contribution in [3.63, 3.8) is 0 Å². The molecule has 1 heterocycles. The molecule has 2 amide bonds. The molecule has 0 radical (unpaired) electrons. The Labute approximate surface area is 117 Å². The Morgan fingerprint density at radius 3 is 2.72 bits per heavy atom. The van der Waals surface area contributed by atoms with E-state index in [0.717, 1.165) is 12.8 Å². The normalized spacial score (nSPS) is 24.9. The average Bonchev–Trinajstić information content (AvgIpc) is 2.88. The summed E-state index contributed by atoms with van der Waals surface area (Å²) in [4.78, 5) is 25.1. The van der Waals surface area contributed by atoms with E-state index in [9.17, 15) is 9.59 Å². The molecule has 0 aromatic carbocycles.